The molecule has 0 atom stereocenters. The van der Waals surface area contributed by atoms with Crippen molar-refractivity contribution < 1.29 is 9.13 Å². The molecule has 106 valence electrons. The van der Waals surface area contributed by atoms with E-state index in [0.717, 1.165) is 18.5 Å². The number of aromatic nitrogens is 1. The number of ether oxygens (including phenoxy) is 1. The van der Waals surface area contributed by atoms with Crippen LogP contribution < -0.4 is 10.1 Å². The van der Waals surface area contributed by atoms with Gasteiger partial charge in [-0.05, 0) is 37.2 Å². The van der Waals surface area contributed by atoms with Crippen LogP contribution in [0.2, 0.25) is 5.02 Å². The fraction of sp³-hybridized carbons (Fsp3) is 0.267. The fourth-order valence-electron chi connectivity index (χ4n) is 1.72. The predicted molar refractivity (Wildman–Crippen MR) is 77.7 cm³/mol. The van der Waals surface area contributed by atoms with Gasteiger partial charge in [0.2, 0.25) is 0 Å². The Morgan fingerprint density at radius 2 is 2.15 bits per heavy atom. The van der Waals surface area contributed by atoms with Crippen LogP contribution in [0.15, 0.2) is 36.7 Å². The van der Waals surface area contributed by atoms with Crippen molar-refractivity contribution in [3.05, 3.63) is 53.1 Å². The van der Waals surface area contributed by atoms with Crippen LogP contribution >= 0.6 is 11.6 Å². The molecule has 2 aromatic rings. The van der Waals surface area contributed by atoms with Crippen molar-refractivity contribution in [1.82, 2.24) is 10.3 Å². The van der Waals surface area contributed by atoms with Crippen LogP contribution in [-0.2, 0) is 6.54 Å². The van der Waals surface area contributed by atoms with Gasteiger partial charge >= 0.3 is 0 Å². The molecule has 0 fully saturated rings. The summed E-state index contributed by atoms with van der Waals surface area (Å²) in [6.07, 6.45) is 4.45. The molecule has 0 aliphatic rings. The van der Waals surface area contributed by atoms with Crippen LogP contribution in [0, 0.1) is 5.82 Å². The van der Waals surface area contributed by atoms with Crippen LogP contribution in [0.5, 0.6) is 11.5 Å². The summed E-state index contributed by atoms with van der Waals surface area (Å²) in [6.45, 7) is 3.69. The third-order valence-electron chi connectivity index (χ3n) is 2.71. The van der Waals surface area contributed by atoms with E-state index in [-0.39, 0.29) is 10.8 Å². The number of hydrogen-bond donors (Lipinski definition) is 1. The lowest BCUT2D eigenvalue weighted by atomic mass is 10.2. The molecule has 3 nitrogen and oxygen atoms in total. The number of nitrogens with one attached hydrogen (secondary N) is 1. The van der Waals surface area contributed by atoms with E-state index < -0.39 is 0 Å². The minimum absolute atomic E-state index is 0.245. The second-order valence-corrected chi connectivity index (χ2v) is 4.74. The highest BCUT2D eigenvalue weighted by atomic mass is 35.5. The van der Waals surface area contributed by atoms with E-state index in [1.807, 2.05) is 0 Å². The van der Waals surface area contributed by atoms with Gasteiger partial charge in [-0.25, -0.2) is 4.39 Å². The largest absolute Gasteiger partial charge is 0.455 e. The Balaban J connectivity index is 2.16. The van der Waals surface area contributed by atoms with Crippen LogP contribution in [-0.4, -0.2) is 11.5 Å². The van der Waals surface area contributed by atoms with E-state index in [1.165, 1.54) is 18.2 Å². The maximum Gasteiger partial charge on any atom is 0.146 e. The number of nitrogens with zero attached hydrogens (tertiary/aromatic N) is 1. The number of hydrogen-bond acceptors (Lipinski definition) is 3. The summed E-state index contributed by atoms with van der Waals surface area (Å²) in [5.41, 5.74) is 0.932. The van der Waals surface area contributed by atoms with Crippen molar-refractivity contribution in [3.63, 3.8) is 0 Å². The Hall–Kier alpha value is -1.65. The second kappa shape index (κ2) is 7.22. The summed E-state index contributed by atoms with van der Waals surface area (Å²) in [5.74, 6) is 0.704. The van der Waals surface area contributed by atoms with Gasteiger partial charge in [0.1, 0.15) is 17.3 Å². The molecule has 2 rings (SSSR count). The summed E-state index contributed by atoms with van der Waals surface area (Å²) < 4.78 is 18.8. The first-order valence-electron chi connectivity index (χ1n) is 6.47. The molecule has 1 heterocycles. The smallest absolute Gasteiger partial charge is 0.146 e. The molecule has 0 saturated heterocycles. The fourth-order valence-corrected chi connectivity index (χ4v) is 1.93. The molecule has 0 unspecified atom stereocenters. The zero-order valence-corrected chi connectivity index (χ0v) is 12.0. The lowest BCUT2D eigenvalue weighted by molar-refractivity contribution is 0.470. The second-order valence-electron chi connectivity index (χ2n) is 4.34. The molecule has 0 saturated carbocycles. The summed E-state index contributed by atoms with van der Waals surface area (Å²) in [4.78, 5) is 4.09. The molecule has 0 radical (unpaired) electrons. The Labute approximate surface area is 122 Å². The van der Waals surface area contributed by atoms with Gasteiger partial charge < -0.3 is 10.1 Å². The van der Waals surface area contributed by atoms with Gasteiger partial charge in [-0.2, -0.15) is 0 Å². The molecule has 0 aliphatic carbocycles. The molecular formula is C15H16ClFN2O. The molecule has 0 amide bonds. The van der Waals surface area contributed by atoms with Gasteiger partial charge in [0, 0.05) is 24.5 Å². The van der Waals surface area contributed by atoms with Gasteiger partial charge in [0.25, 0.3) is 0 Å². The first-order chi connectivity index (χ1) is 9.70. The lowest BCUT2D eigenvalue weighted by Gasteiger charge is -2.12. The van der Waals surface area contributed by atoms with Crippen molar-refractivity contribution in [2.45, 2.75) is 19.9 Å². The Morgan fingerprint density at radius 3 is 2.90 bits per heavy atom. The average Bonchev–Trinajstić information content (AvgIpc) is 2.44. The highest BCUT2D eigenvalue weighted by molar-refractivity contribution is 6.32. The van der Waals surface area contributed by atoms with Crippen molar-refractivity contribution in [3.8, 4) is 11.5 Å². The van der Waals surface area contributed by atoms with E-state index in [4.69, 9.17) is 16.3 Å². The van der Waals surface area contributed by atoms with Gasteiger partial charge in [0.15, 0.2) is 0 Å². The van der Waals surface area contributed by atoms with E-state index in [0.29, 0.717) is 18.0 Å². The van der Waals surface area contributed by atoms with E-state index in [2.05, 4.69) is 17.2 Å². The van der Waals surface area contributed by atoms with Crippen molar-refractivity contribution in [2.24, 2.45) is 0 Å². The molecule has 0 aliphatic heterocycles. The normalized spacial score (nSPS) is 10.6. The van der Waals surface area contributed by atoms with Gasteiger partial charge in [-0.3, -0.25) is 4.98 Å². The summed E-state index contributed by atoms with van der Waals surface area (Å²) in [6, 6.07) is 5.83. The summed E-state index contributed by atoms with van der Waals surface area (Å²) in [5, 5.41) is 3.53. The van der Waals surface area contributed by atoms with E-state index in [1.54, 1.807) is 18.5 Å². The van der Waals surface area contributed by atoms with Gasteiger partial charge in [-0.15, -0.1) is 0 Å². The molecule has 5 heteroatoms. The van der Waals surface area contributed by atoms with Crippen molar-refractivity contribution in [2.75, 3.05) is 6.54 Å². The van der Waals surface area contributed by atoms with Crippen LogP contribution in [0.1, 0.15) is 18.9 Å². The minimum Gasteiger partial charge on any atom is -0.455 e. The van der Waals surface area contributed by atoms with Crippen LogP contribution in [0.4, 0.5) is 4.39 Å². The third kappa shape index (κ3) is 3.92. The van der Waals surface area contributed by atoms with E-state index >= 15 is 0 Å². The Bertz CT molecular complexity index is 578. The van der Waals surface area contributed by atoms with Crippen LogP contribution in [0.25, 0.3) is 0 Å². The number of pyridine rings is 1. The molecule has 0 bridgehead atoms. The monoisotopic (exact) mass is 294 g/mol. The molecule has 0 spiro atoms. The first-order valence-corrected chi connectivity index (χ1v) is 6.85. The maximum atomic E-state index is 13.0. The minimum atomic E-state index is -0.387. The van der Waals surface area contributed by atoms with Gasteiger partial charge in [-0.1, -0.05) is 18.5 Å². The average molecular weight is 295 g/mol. The standard InChI is InChI=1S/C15H16ClFN2O/c1-2-6-18-9-11-10-19-7-5-14(11)20-15-4-3-12(17)8-13(15)16/h3-5,7-8,10,18H,2,6,9H2,1H3. The highest BCUT2D eigenvalue weighted by Gasteiger charge is 2.08. The summed E-state index contributed by atoms with van der Waals surface area (Å²) >= 11 is 5.96. The molecule has 20 heavy (non-hydrogen) atoms. The number of benzene rings is 1. The Kier molecular flexibility index (Phi) is 5.32. The molecule has 1 N–H and O–H groups in total. The zero-order valence-electron chi connectivity index (χ0n) is 11.2. The number of halogens is 2. The SMILES string of the molecule is CCCNCc1cnccc1Oc1ccc(F)cc1Cl. The third-order valence-corrected chi connectivity index (χ3v) is 3.01. The predicted octanol–water partition coefficient (Wildman–Crippen LogP) is 4.17. The summed E-state index contributed by atoms with van der Waals surface area (Å²) in [7, 11) is 0. The van der Waals surface area contributed by atoms with Crippen molar-refractivity contribution >= 4 is 11.6 Å². The Morgan fingerprint density at radius 1 is 1.30 bits per heavy atom. The topological polar surface area (TPSA) is 34.2 Å². The van der Waals surface area contributed by atoms with E-state index in [9.17, 15) is 4.39 Å². The first kappa shape index (κ1) is 14.8. The van der Waals surface area contributed by atoms with Gasteiger partial charge in [0.05, 0.1) is 5.02 Å². The highest BCUT2D eigenvalue weighted by Crippen LogP contribution is 2.31. The van der Waals surface area contributed by atoms with Crippen LogP contribution in [0.3, 0.4) is 0 Å². The molecule has 1 aromatic heterocycles. The zero-order chi connectivity index (χ0) is 14.4. The van der Waals surface area contributed by atoms with Crippen molar-refractivity contribution in [1.29, 1.82) is 0 Å². The molecule has 1 aromatic carbocycles. The lowest BCUT2D eigenvalue weighted by Crippen LogP contribution is -2.14. The molecular weight excluding hydrogens is 279 g/mol. The maximum absolute atomic E-state index is 13.0. The number of rotatable bonds is 6. The quantitative estimate of drug-likeness (QED) is 0.812.